The summed E-state index contributed by atoms with van der Waals surface area (Å²) in [7, 11) is 0. The molecule has 0 aliphatic carbocycles. The Labute approximate surface area is 109 Å². The fourth-order valence-electron chi connectivity index (χ4n) is 2.57. The van der Waals surface area contributed by atoms with Gasteiger partial charge in [0.25, 0.3) is 0 Å². The van der Waals surface area contributed by atoms with E-state index in [1.807, 2.05) is 19.1 Å². The monoisotopic (exact) mass is 249 g/mol. The smallest absolute Gasteiger partial charge is 0.0675 e. The molecule has 1 fully saturated rings. The van der Waals surface area contributed by atoms with Gasteiger partial charge in [-0.2, -0.15) is 0 Å². The molecule has 1 saturated heterocycles. The highest BCUT2D eigenvalue weighted by molar-refractivity contribution is 5.26. The van der Waals surface area contributed by atoms with E-state index >= 15 is 0 Å². The molecule has 3 nitrogen and oxygen atoms in total. The second-order valence-corrected chi connectivity index (χ2v) is 5.53. The highest BCUT2D eigenvalue weighted by Crippen LogP contribution is 2.21. The maximum atomic E-state index is 10.5. The summed E-state index contributed by atoms with van der Waals surface area (Å²) in [5.41, 5.74) is 1.77. The lowest BCUT2D eigenvalue weighted by Gasteiger charge is -2.32. The van der Waals surface area contributed by atoms with Crippen LogP contribution in [-0.2, 0) is 11.2 Å². The predicted octanol–water partition coefficient (Wildman–Crippen LogP) is 1.67. The van der Waals surface area contributed by atoms with Crippen molar-refractivity contribution in [2.45, 2.75) is 38.3 Å². The zero-order chi connectivity index (χ0) is 13.0. The standard InChI is InChI=1S/C15H23NO2/c1-12-5-3-4-6-13(12)9-15(2,17)10-14-11-18-8-7-16-14/h3-6,14,16-17H,7-11H2,1-2H3. The van der Waals surface area contributed by atoms with Crippen LogP contribution in [0.1, 0.15) is 24.5 Å². The van der Waals surface area contributed by atoms with E-state index in [1.165, 1.54) is 11.1 Å². The number of benzene rings is 1. The van der Waals surface area contributed by atoms with Crippen LogP contribution in [-0.4, -0.2) is 36.5 Å². The Hall–Kier alpha value is -0.900. The van der Waals surface area contributed by atoms with Gasteiger partial charge in [0.2, 0.25) is 0 Å². The highest BCUT2D eigenvalue weighted by atomic mass is 16.5. The van der Waals surface area contributed by atoms with Gasteiger partial charge in [-0.05, 0) is 31.4 Å². The van der Waals surface area contributed by atoms with E-state index < -0.39 is 5.60 Å². The first-order valence-corrected chi connectivity index (χ1v) is 6.65. The van der Waals surface area contributed by atoms with E-state index in [4.69, 9.17) is 4.74 Å². The molecule has 1 aromatic carbocycles. The third-order valence-corrected chi connectivity index (χ3v) is 3.52. The summed E-state index contributed by atoms with van der Waals surface area (Å²) in [5, 5.41) is 13.9. The summed E-state index contributed by atoms with van der Waals surface area (Å²) in [6.45, 7) is 6.36. The second kappa shape index (κ2) is 5.83. The Morgan fingerprint density at radius 2 is 2.22 bits per heavy atom. The van der Waals surface area contributed by atoms with Crippen molar-refractivity contribution < 1.29 is 9.84 Å². The summed E-state index contributed by atoms with van der Waals surface area (Å²) in [5.74, 6) is 0. The van der Waals surface area contributed by atoms with Crippen molar-refractivity contribution in [3.05, 3.63) is 35.4 Å². The number of hydrogen-bond acceptors (Lipinski definition) is 3. The van der Waals surface area contributed by atoms with E-state index in [0.717, 1.165) is 19.6 Å². The Balaban J connectivity index is 1.96. The van der Waals surface area contributed by atoms with Crippen molar-refractivity contribution in [2.75, 3.05) is 19.8 Å². The number of morpholine rings is 1. The maximum absolute atomic E-state index is 10.5. The zero-order valence-corrected chi connectivity index (χ0v) is 11.3. The van der Waals surface area contributed by atoms with Crippen molar-refractivity contribution in [1.29, 1.82) is 0 Å². The molecular weight excluding hydrogens is 226 g/mol. The van der Waals surface area contributed by atoms with Gasteiger partial charge in [0.05, 0.1) is 18.8 Å². The molecule has 18 heavy (non-hydrogen) atoms. The summed E-state index contributed by atoms with van der Waals surface area (Å²) < 4.78 is 5.43. The minimum Gasteiger partial charge on any atom is -0.390 e. The number of aryl methyl sites for hydroxylation is 1. The maximum Gasteiger partial charge on any atom is 0.0675 e. The van der Waals surface area contributed by atoms with E-state index in [0.29, 0.717) is 13.0 Å². The molecule has 3 heteroatoms. The Bertz CT molecular complexity index is 384. The van der Waals surface area contributed by atoms with E-state index in [1.54, 1.807) is 0 Å². The van der Waals surface area contributed by atoms with E-state index in [9.17, 15) is 5.11 Å². The van der Waals surface area contributed by atoms with Gasteiger partial charge in [-0.1, -0.05) is 24.3 Å². The van der Waals surface area contributed by atoms with Crippen LogP contribution in [0.25, 0.3) is 0 Å². The minimum atomic E-state index is -0.690. The third-order valence-electron chi connectivity index (χ3n) is 3.52. The van der Waals surface area contributed by atoms with Crippen LogP contribution in [0.2, 0.25) is 0 Å². The average Bonchev–Trinajstić information content (AvgIpc) is 2.32. The predicted molar refractivity (Wildman–Crippen MR) is 72.7 cm³/mol. The fourth-order valence-corrected chi connectivity index (χ4v) is 2.57. The van der Waals surface area contributed by atoms with Crippen molar-refractivity contribution in [1.82, 2.24) is 5.32 Å². The normalized spacial score (nSPS) is 23.6. The Kier molecular flexibility index (Phi) is 4.38. The lowest BCUT2D eigenvalue weighted by Crippen LogP contribution is -2.46. The molecule has 0 saturated carbocycles. The lowest BCUT2D eigenvalue weighted by atomic mass is 9.88. The fraction of sp³-hybridized carbons (Fsp3) is 0.600. The Morgan fingerprint density at radius 1 is 1.44 bits per heavy atom. The van der Waals surface area contributed by atoms with Gasteiger partial charge in [-0.3, -0.25) is 0 Å². The largest absolute Gasteiger partial charge is 0.390 e. The molecule has 0 aromatic heterocycles. The molecule has 0 radical (unpaired) electrons. The number of aliphatic hydroxyl groups is 1. The van der Waals surface area contributed by atoms with Gasteiger partial charge < -0.3 is 15.2 Å². The van der Waals surface area contributed by atoms with E-state index in [2.05, 4.69) is 24.4 Å². The van der Waals surface area contributed by atoms with Crippen LogP contribution >= 0.6 is 0 Å². The molecule has 2 rings (SSSR count). The number of ether oxygens (including phenoxy) is 1. The summed E-state index contributed by atoms with van der Waals surface area (Å²) >= 11 is 0. The molecule has 2 unspecified atom stereocenters. The molecule has 2 atom stereocenters. The van der Waals surface area contributed by atoms with Crippen LogP contribution < -0.4 is 5.32 Å². The van der Waals surface area contributed by atoms with Crippen LogP contribution in [0.4, 0.5) is 0 Å². The topological polar surface area (TPSA) is 41.5 Å². The molecule has 1 aliphatic rings. The minimum absolute atomic E-state index is 0.262. The quantitative estimate of drug-likeness (QED) is 0.853. The van der Waals surface area contributed by atoms with Crippen LogP contribution in [0.15, 0.2) is 24.3 Å². The highest BCUT2D eigenvalue weighted by Gasteiger charge is 2.27. The molecule has 100 valence electrons. The van der Waals surface area contributed by atoms with Crippen LogP contribution in [0.5, 0.6) is 0 Å². The zero-order valence-electron chi connectivity index (χ0n) is 11.3. The first-order chi connectivity index (χ1) is 8.57. The summed E-state index contributed by atoms with van der Waals surface area (Å²) in [6, 6.07) is 8.50. The number of hydrogen-bond donors (Lipinski definition) is 2. The first kappa shape index (κ1) is 13.5. The molecule has 0 spiro atoms. The molecule has 1 aliphatic heterocycles. The molecular formula is C15H23NO2. The number of rotatable bonds is 4. The summed E-state index contributed by atoms with van der Waals surface area (Å²) in [4.78, 5) is 0. The van der Waals surface area contributed by atoms with Crippen LogP contribution in [0, 0.1) is 6.92 Å². The van der Waals surface area contributed by atoms with Gasteiger partial charge in [-0.25, -0.2) is 0 Å². The van der Waals surface area contributed by atoms with Crippen molar-refractivity contribution in [3.8, 4) is 0 Å². The lowest BCUT2D eigenvalue weighted by molar-refractivity contribution is 0.00643. The van der Waals surface area contributed by atoms with Crippen LogP contribution in [0.3, 0.4) is 0 Å². The molecule has 0 amide bonds. The SMILES string of the molecule is Cc1ccccc1CC(C)(O)CC1COCCN1. The molecule has 0 bridgehead atoms. The van der Waals surface area contributed by atoms with Gasteiger partial charge in [0.1, 0.15) is 0 Å². The molecule has 1 heterocycles. The Morgan fingerprint density at radius 3 is 2.89 bits per heavy atom. The van der Waals surface area contributed by atoms with Gasteiger partial charge in [-0.15, -0.1) is 0 Å². The van der Waals surface area contributed by atoms with Gasteiger partial charge in [0.15, 0.2) is 0 Å². The van der Waals surface area contributed by atoms with Crippen molar-refractivity contribution >= 4 is 0 Å². The van der Waals surface area contributed by atoms with Gasteiger partial charge in [0, 0.05) is 19.0 Å². The first-order valence-electron chi connectivity index (χ1n) is 6.65. The molecule has 2 N–H and O–H groups in total. The van der Waals surface area contributed by atoms with Crippen molar-refractivity contribution in [2.24, 2.45) is 0 Å². The van der Waals surface area contributed by atoms with Gasteiger partial charge >= 0.3 is 0 Å². The third kappa shape index (κ3) is 3.80. The summed E-state index contributed by atoms with van der Waals surface area (Å²) in [6.07, 6.45) is 1.42. The number of nitrogens with one attached hydrogen (secondary N) is 1. The van der Waals surface area contributed by atoms with E-state index in [-0.39, 0.29) is 6.04 Å². The van der Waals surface area contributed by atoms with Crippen molar-refractivity contribution in [3.63, 3.8) is 0 Å². The average molecular weight is 249 g/mol. The second-order valence-electron chi connectivity index (χ2n) is 5.53. The molecule has 1 aromatic rings.